The standard InChI is InChI=1S/C8H13NO2/c1-2-9(7-3-4-7)6-5-8(10)11/h5-7H,2-4H2,1H3,(H,10,11). The Morgan fingerprint density at radius 3 is 2.73 bits per heavy atom. The van der Waals surface area contributed by atoms with Crippen LogP contribution in [0.25, 0.3) is 0 Å². The molecule has 0 atom stereocenters. The number of carboxylic acid groups (broad SMARTS) is 1. The SMILES string of the molecule is CCN(C=CC(=O)O)C1CC1. The predicted molar refractivity (Wildman–Crippen MR) is 42.2 cm³/mol. The van der Waals surface area contributed by atoms with Crippen molar-refractivity contribution in [3.05, 3.63) is 12.3 Å². The fourth-order valence-corrected chi connectivity index (χ4v) is 1.05. The lowest BCUT2D eigenvalue weighted by molar-refractivity contribution is -0.131. The molecule has 11 heavy (non-hydrogen) atoms. The van der Waals surface area contributed by atoms with Crippen molar-refractivity contribution in [2.75, 3.05) is 6.54 Å². The third-order valence-electron chi connectivity index (χ3n) is 1.79. The zero-order chi connectivity index (χ0) is 8.27. The highest BCUT2D eigenvalue weighted by atomic mass is 16.4. The lowest BCUT2D eigenvalue weighted by Crippen LogP contribution is -2.19. The van der Waals surface area contributed by atoms with Gasteiger partial charge in [0, 0.05) is 24.9 Å². The summed E-state index contributed by atoms with van der Waals surface area (Å²) in [7, 11) is 0. The van der Waals surface area contributed by atoms with Gasteiger partial charge >= 0.3 is 5.97 Å². The van der Waals surface area contributed by atoms with Crippen LogP contribution in [-0.2, 0) is 4.79 Å². The molecule has 0 radical (unpaired) electrons. The maximum atomic E-state index is 10.1. The smallest absolute Gasteiger partial charge is 0.329 e. The van der Waals surface area contributed by atoms with E-state index in [1.807, 2.05) is 6.92 Å². The summed E-state index contributed by atoms with van der Waals surface area (Å²) >= 11 is 0. The van der Waals surface area contributed by atoms with Gasteiger partial charge in [0.1, 0.15) is 0 Å². The minimum atomic E-state index is -0.871. The van der Waals surface area contributed by atoms with E-state index in [0.29, 0.717) is 6.04 Å². The van der Waals surface area contributed by atoms with Crippen molar-refractivity contribution in [1.82, 2.24) is 4.90 Å². The summed E-state index contributed by atoms with van der Waals surface area (Å²) in [5, 5.41) is 8.35. The Morgan fingerprint density at radius 2 is 2.36 bits per heavy atom. The van der Waals surface area contributed by atoms with Crippen molar-refractivity contribution in [3.63, 3.8) is 0 Å². The predicted octanol–water partition coefficient (Wildman–Crippen LogP) is 1.07. The van der Waals surface area contributed by atoms with E-state index in [0.717, 1.165) is 6.54 Å². The van der Waals surface area contributed by atoms with E-state index in [-0.39, 0.29) is 0 Å². The Labute approximate surface area is 66.3 Å². The molecule has 3 heteroatoms. The lowest BCUT2D eigenvalue weighted by atomic mass is 10.5. The molecule has 0 aliphatic heterocycles. The van der Waals surface area contributed by atoms with Crippen molar-refractivity contribution in [2.45, 2.75) is 25.8 Å². The molecule has 0 unspecified atom stereocenters. The number of nitrogens with zero attached hydrogens (tertiary/aromatic N) is 1. The van der Waals surface area contributed by atoms with Crippen LogP contribution >= 0.6 is 0 Å². The van der Waals surface area contributed by atoms with Crippen LogP contribution in [-0.4, -0.2) is 28.6 Å². The summed E-state index contributed by atoms with van der Waals surface area (Å²) in [5.74, 6) is -0.871. The summed E-state index contributed by atoms with van der Waals surface area (Å²) < 4.78 is 0. The molecular weight excluding hydrogens is 142 g/mol. The van der Waals surface area contributed by atoms with E-state index in [1.54, 1.807) is 6.20 Å². The second-order valence-corrected chi connectivity index (χ2v) is 2.72. The molecule has 0 saturated heterocycles. The minimum absolute atomic E-state index is 0.607. The highest BCUT2D eigenvalue weighted by molar-refractivity contribution is 5.79. The molecule has 0 aromatic rings. The van der Waals surface area contributed by atoms with Crippen LogP contribution < -0.4 is 0 Å². The van der Waals surface area contributed by atoms with Gasteiger partial charge in [-0.25, -0.2) is 4.79 Å². The Hall–Kier alpha value is -0.990. The Morgan fingerprint density at radius 1 is 1.73 bits per heavy atom. The van der Waals surface area contributed by atoms with Gasteiger partial charge in [0.15, 0.2) is 0 Å². The van der Waals surface area contributed by atoms with Crippen LogP contribution in [0.15, 0.2) is 12.3 Å². The molecule has 1 aliphatic carbocycles. The van der Waals surface area contributed by atoms with Crippen molar-refractivity contribution in [2.24, 2.45) is 0 Å². The van der Waals surface area contributed by atoms with Gasteiger partial charge in [0.25, 0.3) is 0 Å². The summed E-state index contributed by atoms with van der Waals surface area (Å²) in [6.45, 7) is 2.93. The molecule has 1 saturated carbocycles. The molecule has 0 bridgehead atoms. The van der Waals surface area contributed by atoms with Crippen LogP contribution in [0.5, 0.6) is 0 Å². The van der Waals surface area contributed by atoms with Crippen LogP contribution in [0.2, 0.25) is 0 Å². The first-order valence-electron chi connectivity index (χ1n) is 3.91. The van der Waals surface area contributed by atoms with Gasteiger partial charge in [-0.1, -0.05) is 0 Å². The Kier molecular flexibility index (Phi) is 2.52. The summed E-state index contributed by atoms with van der Waals surface area (Å²) in [6, 6.07) is 0.607. The van der Waals surface area contributed by atoms with Crippen LogP contribution in [0.1, 0.15) is 19.8 Å². The molecule has 0 spiro atoms. The van der Waals surface area contributed by atoms with E-state index in [1.165, 1.54) is 18.9 Å². The largest absolute Gasteiger partial charge is 0.478 e. The van der Waals surface area contributed by atoms with E-state index in [9.17, 15) is 4.79 Å². The molecule has 0 aromatic heterocycles. The average Bonchev–Trinajstić information content (AvgIpc) is 2.72. The van der Waals surface area contributed by atoms with E-state index < -0.39 is 5.97 Å². The number of carboxylic acids is 1. The average molecular weight is 155 g/mol. The van der Waals surface area contributed by atoms with E-state index in [2.05, 4.69) is 4.90 Å². The third-order valence-corrected chi connectivity index (χ3v) is 1.79. The number of aliphatic carboxylic acids is 1. The normalized spacial score (nSPS) is 17.2. The van der Waals surface area contributed by atoms with Crippen molar-refractivity contribution >= 4 is 5.97 Å². The molecular formula is C8H13NO2. The van der Waals surface area contributed by atoms with Gasteiger partial charge in [-0.05, 0) is 19.8 Å². The van der Waals surface area contributed by atoms with Gasteiger partial charge < -0.3 is 10.0 Å². The number of carbonyl (C=O) groups is 1. The van der Waals surface area contributed by atoms with Gasteiger partial charge in [0.05, 0.1) is 0 Å². The van der Waals surface area contributed by atoms with Gasteiger partial charge in [-0.15, -0.1) is 0 Å². The number of hydrogen-bond donors (Lipinski definition) is 1. The molecule has 1 rings (SSSR count). The molecule has 1 fully saturated rings. The Bertz CT molecular complexity index is 173. The molecule has 0 aromatic carbocycles. The molecule has 1 N–H and O–H groups in total. The first-order valence-corrected chi connectivity index (χ1v) is 3.91. The molecule has 1 aliphatic rings. The Balaban J connectivity index is 2.36. The second kappa shape index (κ2) is 3.42. The number of hydrogen-bond acceptors (Lipinski definition) is 2. The minimum Gasteiger partial charge on any atom is -0.478 e. The quantitative estimate of drug-likeness (QED) is 0.617. The zero-order valence-electron chi connectivity index (χ0n) is 6.66. The lowest BCUT2D eigenvalue weighted by Gasteiger charge is -2.15. The van der Waals surface area contributed by atoms with Gasteiger partial charge in [-0.3, -0.25) is 0 Å². The highest BCUT2D eigenvalue weighted by Gasteiger charge is 2.25. The summed E-state index contributed by atoms with van der Waals surface area (Å²) in [6.07, 6.45) is 5.28. The topological polar surface area (TPSA) is 40.5 Å². The van der Waals surface area contributed by atoms with Crippen LogP contribution in [0, 0.1) is 0 Å². The molecule has 0 amide bonds. The van der Waals surface area contributed by atoms with Crippen molar-refractivity contribution in [3.8, 4) is 0 Å². The maximum absolute atomic E-state index is 10.1. The van der Waals surface area contributed by atoms with E-state index >= 15 is 0 Å². The van der Waals surface area contributed by atoms with Gasteiger partial charge in [-0.2, -0.15) is 0 Å². The fraction of sp³-hybridized carbons (Fsp3) is 0.625. The number of rotatable bonds is 4. The monoisotopic (exact) mass is 155 g/mol. The third kappa shape index (κ3) is 2.62. The maximum Gasteiger partial charge on any atom is 0.329 e. The second-order valence-electron chi connectivity index (χ2n) is 2.72. The first-order chi connectivity index (χ1) is 5.24. The summed E-state index contributed by atoms with van der Waals surface area (Å²) in [5.41, 5.74) is 0. The van der Waals surface area contributed by atoms with Crippen LogP contribution in [0.3, 0.4) is 0 Å². The molecule has 62 valence electrons. The molecule has 0 heterocycles. The van der Waals surface area contributed by atoms with E-state index in [4.69, 9.17) is 5.11 Å². The molecule has 3 nitrogen and oxygen atoms in total. The summed E-state index contributed by atoms with van der Waals surface area (Å²) in [4.78, 5) is 12.2. The van der Waals surface area contributed by atoms with Gasteiger partial charge in [0.2, 0.25) is 0 Å². The van der Waals surface area contributed by atoms with Crippen molar-refractivity contribution < 1.29 is 9.90 Å². The zero-order valence-corrected chi connectivity index (χ0v) is 6.66. The van der Waals surface area contributed by atoms with Crippen molar-refractivity contribution in [1.29, 1.82) is 0 Å². The van der Waals surface area contributed by atoms with Crippen LogP contribution in [0.4, 0.5) is 0 Å². The highest BCUT2D eigenvalue weighted by Crippen LogP contribution is 2.26. The first kappa shape index (κ1) is 8.11. The fourth-order valence-electron chi connectivity index (χ4n) is 1.05.